The zero-order valence-corrected chi connectivity index (χ0v) is 33.8. The van der Waals surface area contributed by atoms with Crippen molar-refractivity contribution in [2.45, 2.75) is 122 Å². The molecular weight excluding hydrogens is 772 g/mol. The van der Waals surface area contributed by atoms with Crippen molar-refractivity contribution in [3.05, 3.63) is 59.7 Å². The summed E-state index contributed by atoms with van der Waals surface area (Å²) in [5, 5.41) is 14.8. The minimum absolute atomic E-state index is 0.0362. The van der Waals surface area contributed by atoms with Crippen LogP contribution in [0, 0.1) is 0 Å². The van der Waals surface area contributed by atoms with E-state index in [1.807, 2.05) is 48.5 Å². The molecule has 17 heteroatoms. The summed E-state index contributed by atoms with van der Waals surface area (Å²) in [4.78, 5) is 84.4. The summed E-state index contributed by atoms with van der Waals surface area (Å²) < 4.78 is 38.6. The van der Waals surface area contributed by atoms with Crippen molar-refractivity contribution in [3.8, 4) is 11.1 Å². The number of fused-ring (bicyclic) bond motifs is 3. The fourth-order valence-corrected chi connectivity index (χ4v) is 7.09. The second-order valence-electron chi connectivity index (χ2n) is 14.3. The van der Waals surface area contributed by atoms with Crippen LogP contribution in [0.1, 0.15) is 96.1 Å². The van der Waals surface area contributed by atoms with Crippen molar-refractivity contribution >= 4 is 41.8 Å². The Morgan fingerprint density at radius 3 is 1.83 bits per heavy atom. The number of carbonyl (C=O) groups excluding carboxylic acids is 6. The van der Waals surface area contributed by atoms with Crippen LogP contribution in [0.2, 0.25) is 0 Å². The number of unbranched alkanes of at least 4 members (excludes halogenated alkanes) is 5. The Bertz CT molecular complexity index is 1740. The van der Waals surface area contributed by atoms with Gasteiger partial charge in [-0.1, -0.05) is 74.2 Å². The number of rotatable bonds is 22. The topological polar surface area (TPSA) is 228 Å². The van der Waals surface area contributed by atoms with E-state index in [0.717, 1.165) is 68.7 Å². The zero-order valence-electron chi connectivity index (χ0n) is 33.8. The minimum atomic E-state index is -1.30. The summed E-state index contributed by atoms with van der Waals surface area (Å²) in [5.74, 6) is -4.56. The summed E-state index contributed by atoms with van der Waals surface area (Å²) >= 11 is 0. The van der Waals surface area contributed by atoms with Crippen molar-refractivity contribution in [1.82, 2.24) is 10.6 Å². The average Bonchev–Trinajstić information content (AvgIpc) is 3.50. The third-order valence-corrected chi connectivity index (χ3v) is 9.72. The Labute approximate surface area is 342 Å². The van der Waals surface area contributed by atoms with Gasteiger partial charge < -0.3 is 48.9 Å². The molecule has 0 bridgehead atoms. The Kier molecular flexibility index (Phi) is 18.1. The molecule has 0 radical (unpaired) electrons. The highest BCUT2D eigenvalue weighted by atomic mass is 16.7. The van der Waals surface area contributed by atoms with E-state index in [1.165, 1.54) is 6.92 Å². The first-order valence-corrected chi connectivity index (χ1v) is 19.8. The number of carbonyl (C=O) groups is 7. The van der Waals surface area contributed by atoms with Gasteiger partial charge in [0.05, 0.1) is 0 Å². The maximum Gasteiger partial charge on any atom is 0.407 e. The zero-order chi connectivity index (χ0) is 42.9. The molecule has 1 fully saturated rings. The molecule has 3 N–H and O–H groups in total. The first-order chi connectivity index (χ1) is 28.2. The number of ether oxygens (including phenoxy) is 7. The number of amides is 2. The summed E-state index contributed by atoms with van der Waals surface area (Å²) in [7, 11) is 0. The molecule has 2 aromatic rings. The molecule has 0 spiro atoms. The molecule has 2 amide bonds. The monoisotopic (exact) mass is 826 g/mol. The van der Waals surface area contributed by atoms with E-state index in [4.69, 9.17) is 33.2 Å². The van der Waals surface area contributed by atoms with E-state index in [2.05, 4.69) is 10.6 Å². The number of aliphatic carboxylic acids is 1. The maximum atomic E-state index is 12.6. The molecular formula is C42H54N2O15. The molecule has 0 aromatic heterocycles. The van der Waals surface area contributed by atoms with Crippen molar-refractivity contribution in [3.63, 3.8) is 0 Å². The molecule has 4 rings (SSSR count). The van der Waals surface area contributed by atoms with Gasteiger partial charge in [-0.25, -0.2) is 9.59 Å². The van der Waals surface area contributed by atoms with Crippen LogP contribution < -0.4 is 10.6 Å². The number of esters is 4. The smallest absolute Gasteiger partial charge is 0.407 e. The van der Waals surface area contributed by atoms with Gasteiger partial charge in [0, 0.05) is 53.2 Å². The number of carboxylic acids is 1. The van der Waals surface area contributed by atoms with Gasteiger partial charge in [0.1, 0.15) is 25.4 Å². The van der Waals surface area contributed by atoms with E-state index in [1.54, 1.807) is 0 Å². The van der Waals surface area contributed by atoms with Gasteiger partial charge >= 0.3 is 35.9 Å². The number of hydrogen-bond donors (Lipinski definition) is 3. The molecule has 322 valence electrons. The van der Waals surface area contributed by atoms with Crippen LogP contribution >= 0.6 is 0 Å². The van der Waals surface area contributed by atoms with Crippen LogP contribution in [0.25, 0.3) is 11.1 Å². The molecule has 59 heavy (non-hydrogen) atoms. The predicted molar refractivity (Wildman–Crippen MR) is 207 cm³/mol. The lowest BCUT2D eigenvalue weighted by atomic mass is 9.98. The van der Waals surface area contributed by atoms with E-state index in [0.29, 0.717) is 19.4 Å². The van der Waals surface area contributed by atoms with Crippen molar-refractivity contribution < 1.29 is 71.8 Å². The Balaban J connectivity index is 1.12. The largest absolute Gasteiger partial charge is 0.480 e. The lowest BCUT2D eigenvalue weighted by Crippen LogP contribution is -2.63. The van der Waals surface area contributed by atoms with Gasteiger partial charge in [0.15, 0.2) is 24.6 Å². The fourth-order valence-electron chi connectivity index (χ4n) is 7.09. The SMILES string of the molecule is CC(=O)OC[C@H]1O[C@@H](OCCCCCCCCNC(=O)CC[C@H](NC(=O)OCC2c3ccccc3-c3ccccc32)C(=O)O)[C@H](OC(C)=O)[C@@H](OC(C)=O)[C@H]1OC(C)=O. The van der Waals surface area contributed by atoms with Gasteiger partial charge in [0.2, 0.25) is 5.91 Å². The summed E-state index contributed by atoms with van der Waals surface area (Å²) in [6.07, 6.45) is -2.64. The molecule has 0 saturated carbocycles. The van der Waals surface area contributed by atoms with Crippen LogP contribution in [0.5, 0.6) is 0 Å². The van der Waals surface area contributed by atoms with Crippen molar-refractivity contribution in [1.29, 1.82) is 0 Å². The molecule has 1 saturated heterocycles. The highest BCUT2D eigenvalue weighted by Gasteiger charge is 2.52. The Morgan fingerprint density at radius 1 is 0.678 bits per heavy atom. The van der Waals surface area contributed by atoms with Crippen molar-refractivity contribution in [2.24, 2.45) is 0 Å². The van der Waals surface area contributed by atoms with E-state index in [9.17, 15) is 38.7 Å². The van der Waals surface area contributed by atoms with Gasteiger partial charge in [-0.3, -0.25) is 24.0 Å². The molecule has 6 atom stereocenters. The number of alkyl carbamates (subject to hydrolysis) is 1. The molecule has 17 nitrogen and oxygen atoms in total. The Morgan fingerprint density at radius 2 is 1.24 bits per heavy atom. The third kappa shape index (κ3) is 14.4. The predicted octanol–water partition coefficient (Wildman–Crippen LogP) is 4.32. The molecule has 1 aliphatic carbocycles. The number of nitrogens with one attached hydrogen (secondary N) is 2. The standard InChI is InChI=1S/C42H54N2O15/c1-25(45)54-24-35-37(56-26(2)46)38(57-27(3)47)39(58-28(4)48)41(59-35)53-22-14-8-6-5-7-13-21-43-36(49)20-19-34(40(50)51)44-42(52)55-23-33-31-17-11-9-15-29(31)30-16-10-12-18-32(30)33/h9-12,15-18,33-35,37-39,41H,5-8,13-14,19-24H2,1-4H3,(H,43,49)(H,44,52)(H,50,51)/t34-,35+,37-,38-,39+,41+/m0/s1. The third-order valence-electron chi connectivity index (χ3n) is 9.72. The van der Waals surface area contributed by atoms with Gasteiger partial charge in [-0.15, -0.1) is 0 Å². The number of hydrogen-bond acceptors (Lipinski definition) is 14. The second kappa shape index (κ2) is 23.1. The molecule has 2 aromatic carbocycles. The highest BCUT2D eigenvalue weighted by molar-refractivity contribution is 5.82. The lowest BCUT2D eigenvalue weighted by molar-refractivity contribution is -0.308. The highest BCUT2D eigenvalue weighted by Crippen LogP contribution is 2.44. The average molecular weight is 827 g/mol. The number of carboxylic acid groups (broad SMARTS) is 1. The van der Waals surface area contributed by atoms with Crippen LogP contribution in [0.3, 0.4) is 0 Å². The fraction of sp³-hybridized carbons (Fsp3) is 0.548. The summed E-state index contributed by atoms with van der Waals surface area (Å²) in [6, 6.07) is 14.5. The lowest BCUT2D eigenvalue weighted by Gasteiger charge is -2.44. The van der Waals surface area contributed by atoms with Gasteiger partial charge in [-0.2, -0.15) is 0 Å². The van der Waals surface area contributed by atoms with Crippen LogP contribution in [0.4, 0.5) is 4.79 Å². The van der Waals surface area contributed by atoms with Crippen LogP contribution in [0.15, 0.2) is 48.5 Å². The van der Waals surface area contributed by atoms with Gasteiger partial charge in [0.25, 0.3) is 0 Å². The molecule has 1 heterocycles. The van der Waals surface area contributed by atoms with Crippen LogP contribution in [-0.4, -0.2) is 110 Å². The van der Waals surface area contributed by atoms with Gasteiger partial charge in [-0.05, 0) is 41.5 Å². The normalized spacial score (nSPS) is 19.9. The minimum Gasteiger partial charge on any atom is -0.480 e. The Hall–Kier alpha value is -5.55. The maximum absolute atomic E-state index is 12.6. The quantitative estimate of drug-likeness (QED) is 0.0854. The van der Waals surface area contributed by atoms with Crippen LogP contribution in [-0.2, 0) is 61.9 Å². The first-order valence-electron chi connectivity index (χ1n) is 19.8. The molecule has 1 aliphatic heterocycles. The first kappa shape index (κ1) is 46.1. The summed E-state index contributed by atoms with van der Waals surface area (Å²) in [6.45, 7) is 4.91. The number of benzene rings is 2. The van der Waals surface area contributed by atoms with E-state index < -0.39 is 72.7 Å². The molecule has 2 aliphatic rings. The van der Waals surface area contributed by atoms with Crippen molar-refractivity contribution in [2.75, 3.05) is 26.4 Å². The molecule has 0 unspecified atom stereocenters. The van der Waals surface area contributed by atoms with E-state index >= 15 is 0 Å². The summed E-state index contributed by atoms with van der Waals surface area (Å²) in [5.41, 5.74) is 4.21. The second-order valence-corrected chi connectivity index (χ2v) is 14.3. The van der Waals surface area contributed by atoms with E-state index in [-0.39, 0.29) is 44.5 Å².